The second-order valence-electron chi connectivity index (χ2n) is 6.36. The number of ether oxygens (including phenoxy) is 1. The van der Waals surface area contributed by atoms with Crippen LogP contribution in [0, 0.1) is 5.92 Å². The lowest BCUT2D eigenvalue weighted by Gasteiger charge is -2.21. The van der Waals surface area contributed by atoms with E-state index in [1.165, 1.54) is 19.3 Å². The van der Waals surface area contributed by atoms with Crippen molar-refractivity contribution in [2.75, 3.05) is 11.9 Å². The Labute approximate surface area is 150 Å². The average molecular weight is 349 g/mol. The molecule has 0 atom stereocenters. The molecule has 1 aromatic rings. The molecule has 1 aliphatic rings. The molecule has 2 rings (SSSR count). The third-order valence-corrected chi connectivity index (χ3v) is 4.55. The minimum Gasteiger partial charge on any atom is -0.494 e. The summed E-state index contributed by atoms with van der Waals surface area (Å²) in [6.45, 7) is 2.92. The first-order valence-electron chi connectivity index (χ1n) is 9.03. The molecule has 5 heteroatoms. The van der Waals surface area contributed by atoms with Gasteiger partial charge >= 0.3 is 0 Å². The molecule has 1 amide bonds. The number of hydrogen-bond acceptors (Lipinski definition) is 3. The first kappa shape index (κ1) is 18.7. The summed E-state index contributed by atoms with van der Waals surface area (Å²) < 4.78 is 5.68. The van der Waals surface area contributed by atoms with E-state index in [9.17, 15) is 4.79 Å². The van der Waals surface area contributed by atoms with Gasteiger partial charge in [-0.3, -0.25) is 4.79 Å². The van der Waals surface area contributed by atoms with Crippen LogP contribution in [-0.4, -0.2) is 17.6 Å². The van der Waals surface area contributed by atoms with Gasteiger partial charge in [0.1, 0.15) is 5.75 Å². The Morgan fingerprint density at radius 1 is 1.17 bits per heavy atom. The van der Waals surface area contributed by atoms with Crippen LogP contribution in [0.1, 0.15) is 58.3 Å². The number of benzene rings is 1. The highest BCUT2D eigenvalue weighted by molar-refractivity contribution is 7.80. The van der Waals surface area contributed by atoms with Crippen molar-refractivity contribution in [3.8, 4) is 5.75 Å². The van der Waals surface area contributed by atoms with Crippen LogP contribution in [0.4, 0.5) is 5.69 Å². The van der Waals surface area contributed by atoms with Crippen LogP contribution in [0.2, 0.25) is 0 Å². The predicted molar refractivity (Wildman–Crippen MR) is 102 cm³/mol. The fraction of sp³-hybridized carbons (Fsp3) is 0.579. The van der Waals surface area contributed by atoms with E-state index in [1.54, 1.807) is 0 Å². The number of rotatable bonds is 7. The number of carbonyl (C=O) groups is 1. The monoisotopic (exact) mass is 348 g/mol. The van der Waals surface area contributed by atoms with Crippen LogP contribution < -0.4 is 15.4 Å². The van der Waals surface area contributed by atoms with Crippen LogP contribution in [-0.2, 0) is 4.79 Å². The van der Waals surface area contributed by atoms with E-state index in [0.717, 1.165) is 50.1 Å². The standard InChI is InChI=1S/C19H28N2O2S/c1-2-3-7-14-23-17-12-10-16(11-13-17)20-19(24)21-18(22)15-8-5-4-6-9-15/h10-13,15H,2-9,14H2,1H3,(H2,20,21,22,24). The molecule has 0 aromatic heterocycles. The van der Waals surface area contributed by atoms with Crippen molar-refractivity contribution in [2.24, 2.45) is 5.92 Å². The highest BCUT2D eigenvalue weighted by Gasteiger charge is 2.21. The van der Waals surface area contributed by atoms with Gasteiger partial charge in [0.15, 0.2) is 5.11 Å². The lowest BCUT2D eigenvalue weighted by Crippen LogP contribution is -2.38. The zero-order valence-corrected chi connectivity index (χ0v) is 15.3. The zero-order valence-electron chi connectivity index (χ0n) is 14.5. The van der Waals surface area contributed by atoms with Gasteiger partial charge in [-0.15, -0.1) is 0 Å². The maximum atomic E-state index is 12.2. The molecule has 0 radical (unpaired) electrons. The SMILES string of the molecule is CCCCCOc1ccc(NC(=S)NC(=O)C2CCCCC2)cc1. The van der Waals surface area contributed by atoms with Gasteiger partial charge in [0.05, 0.1) is 6.61 Å². The van der Waals surface area contributed by atoms with Gasteiger partial charge in [0.2, 0.25) is 5.91 Å². The fourth-order valence-electron chi connectivity index (χ4n) is 2.92. The lowest BCUT2D eigenvalue weighted by molar-refractivity contribution is -0.124. The minimum atomic E-state index is 0.0445. The largest absolute Gasteiger partial charge is 0.494 e. The first-order chi connectivity index (χ1) is 11.7. The third kappa shape index (κ3) is 6.48. The number of anilines is 1. The van der Waals surface area contributed by atoms with Gasteiger partial charge in [-0.1, -0.05) is 39.0 Å². The van der Waals surface area contributed by atoms with E-state index in [4.69, 9.17) is 17.0 Å². The number of thiocarbonyl (C=S) groups is 1. The van der Waals surface area contributed by atoms with Crippen molar-refractivity contribution in [2.45, 2.75) is 58.3 Å². The molecule has 4 nitrogen and oxygen atoms in total. The van der Waals surface area contributed by atoms with Crippen LogP contribution in [0.5, 0.6) is 5.75 Å². The van der Waals surface area contributed by atoms with Crippen molar-refractivity contribution >= 4 is 28.9 Å². The molecular formula is C19H28N2O2S. The summed E-state index contributed by atoms with van der Waals surface area (Å²) in [4.78, 5) is 12.2. The maximum absolute atomic E-state index is 12.2. The molecule has 0 saturated heterocycles. The number of hydrogen-bond donors (Lipinski definition) is 2. The number of unbranched alkanes of at least 4 members (excludes halogenated alkanes) is 2. The summed E-state index contributed by atoms with van der Waals surface area (Å²) >= 11 is 5.24. The zero-order chi connectivity index (χ0) is 17.2. The quantitative estimate of drug-likeness (QED) is 0.556. The summed E-state index contributed by atoms with van der Waals surface area (Å²) in [6, 6.07) is 7.65. The molecule has 1 aliphatic carbocycles. The van der Waals surface area contributed by atoms with Crippen molar-refractivity contribution in [3.63, 3.8) is 0 Å². The van der Waals surface area contributed by atoms with Crippen LogP contribution >= 0.6 is 12.2 Å². The topological polar surface area (TPSA) is 50.4 Å². The Balaban J connectivity index is 1.73. The van der Waals surface area contributed by atoms with E-state index in [-0.39, 0.29) is 11.8 Å². The molecule has 0 heterocycles. The van der Waals surface area contributed by atoms with Crippen molar-refractivity contribution < 1.29 is 9.53 Å². The van der Waals surface area contributed by atoms with Gasteiger partial charge in [0, 0.05) is 11.6 Å². The minimum absolute atomic E-state index is 0.0445. The molecular weight excluding hydrogens is 320 g/mol. The third-order valence-electron chi connectivity index (χ3n) is 4.34. The van der Waals surface area contributed by atoms with Crippen molar-refractivity contribution in [1.29, 1.82) is 0 Å². The van der Waals surface area contributed by atoms with E-state index in [1.807, 2.05) is 24.3 Å². The Morgan fingerprint density at radius 2 is 1.88 bits per heavy atom. The van der Waals surface area contributed by atoms with E-state index in [2.05, 4.69) is 17.6 Å². The van der Waals surface area contributed by atoms with Crippen molar-refractivity contribution in [3.05, 3.63) is 24.3 Å². The molecule has 24 heavy (non-hydrogen) atoms. The summed E-state index contributed by atoms with van der Waals surface area (Å²) in [5, 5.41) is 6.23. The first-order valence-corrected chi connectivity index (χ1v) is 9.44. The Morgan fingerprint density at radius 3 is 2.54 bits per heavy atom. The normalized spacial score (nSPS) is 14.9. The smallest absolute Gasteiger partial charge is 0.229 e. The van der Waals surface area contributed by atoms with Crippen LogP contribution in [0.15, 0.2) is 24.3 Å². The highest BCUT2D eigenvalue weighted by atomic mass is 32.1. The summed E-state index contributed by atoms with van der Waals surface area (Å²) in [7, 11) is 0. The summed E-state index contributed by atoms with van der Waals surface area (Å²) in [5.41, 5.74) is 0.852. The summed E-state index contributed by atoms with van der Waals surface area (Å²) in [5.74, 6) is 1.01. The van der Waals surface area contributed by atoms with Gasteiger partial charge in [-0.2, -0.15) is 0 Å². The van der Waals surface area contributed by atoms with Gasteiger partial charge in [-0.05, 0) is 55.7 Å². The number of carbonyl (C=O) groups excluding carboxylic acids is 1. The van der Waals surface area contributed by atoms with E-state index < -0.39 is 0 Å². The van der Waals surface area contributed by atoms with E-state index >= 15 is 0 Å². The molecule has 2 N–H and O–H groups in total. The second-order valence-corrected chi connectivity index (χ2v) is 6.77. The average Bonchev–Trinajstić information content (AvgIpc) is 2.61. The van der Waals surface area contributed by atoms with Crippen LogP contribution in [0.3, 0.4) is 0 Å². The maximum Gasteiger partial charge on any atom is 0.229 e. The molecule has 0 unspecified atom stereocenters. The van der Waals surface area contributed by atoms with E-state index in [0.29, 0.717) is 5.11 Å². The second kappa shape index (κ2) is 10.3. The molecule has 0 aliphatic heterocycles. The Bertz CT molecular complexity index is 525. The van der Waals surface area contributed by atoms with Gasteiger partial charge in [0.25, 0.3) is 0 Å². The summed E-state index contributed by atoms with van der Waals surface area (Å²) in [6.07, 6.45) is 8.91. The van der Waals surface area contributed by atoms with Gasteiger partial charge in [-0.25, -0.2) is 0 Å². The molecule has 0 spiro atoms. The molecule has 132 valence electrons. The molecule has 1 saturated carbocycles. The predicted octanol–water partition coefficient (Wildman–Crippen LogP) is 4.65. The Kier molecular flexibility index (Phi) is 8.02. The molecule has 1 aromatic carbocycles. The van der Waals surface area contributed by atoms with Gasteiger partial charge < -0.3 is 15.4 Å². The highest BCUT2D eigenvalue weighted by Crippen LogP contribution is 2.23. The van der Waals surface area contributed by atoms with Crippen molar-refractivity contribution in [1.82, 2.24) is 5.32 Å². The number of nitrogens with one attached hydrogen (secondary N) is 2. The molecule has 1 fully saturated rings. The number of amides is 1. The lowest BCUT2D eigenvalue weighted by atomic mass is 9.89. The fourth-order valence-corrected chi connectivity index (χ4v) is 3.14. The van der Waals surface area contributed by atoms with Crippen LogP contribution in [0.25, 0.3) is 0 Å². The Hall–Kier alpha value is -1.62. The molecule has 0 bridgehead atoms.